The van der Waals surface area contributed by atoms with Crippen LogP contribution >= 0.6 is 0 Å². The summed E-state index contributed by atoms with van der Waals surface area (Å²) in [4.78, 5) is 26.1. The van der Waals surface area contributed by atoms with Crippen molar-refractivity contribution in [2.24, 2.45) is 11.3 Å². The molecule has 1 spiro atoms. The van der Waals surface area contributed by atoms with Gasteiger partial charge in [0.05, 0.1) is 13.0 Å². The van der Waals surface area contributed by atoms with Gasteiger partial charge in [0.1, 0.15) is 11.5 Å². The number of carboxylic acids is 1. The molecule has 0 unspecified atom stereocenters. The molecule has 2 aliphatic heterocycles. The Kier molecular flexibility index (Phi) is 11.3. The van der Waals surface area contributed by atoms with Crippen LogP contribution in [0.5, 0.6) is 11.5 Å². The Morgan fingerprint density at radius 2 is 1.51 bits per heavy atom. The molecule has 13 heteroatoms. The normalized spacial score (nSPS) is 17.0. The second-order valence-electron chi connectivity index (χ2n) is 11.3. The van der Waals surface area contributed by atoms with Crippen LogP contribution in [0, 0.1) is 11.3 Å². The fourth-order valence-corrected chi connectivity index (χ4v) is 5.17. The predicted octanol–water partition coefficient (Wildman–Crippen LogP) is 6.31. The fraction of sp³-hybridized carbons (Fsp3) is 0.533. The van der Waals surface area contributed by atoms with Crippen LogP contribution in [0.2, 0.25) is 0 Å². The molecule has 0 saturated carbocycles. The number of carboxylic acid groups (broad SMARTS) is 1. The second kappa shape index (κ2) is 14.3. The first-order valence-electron chi connectivity index (χ1n) is 13.9. The molecule has 2 heterocycles. The van der Waals surface area contributed by atoms with Crippen LogP contribution in [0.4, 0.5) is 26.3 Å². The third kappa shape index (κ3) is 10.9. The smallest absolute Gasteiger partial charge is 0.493 e. The average molecular weight is 619 g/mol. The first-order chi connectivity index (χ1) is 20.1. The Bertz CT molecular complexity index is 1210. The lowest BCUT2D eigenvalue weighted by atomic mass is 9.77. The van der Waals surface area contributed by atoms with Gasteiger partial charge in [0.15, 0.2) is 0 Å². The number of benzene rings is 2. The van der Waals surface area contributed by atoms with Crippen molar-refractivity contribution < 1.29 is 50.5 Å². The third-order valence-corrected chi connectivity index (χ3v) is 7.39. The van der Waals surface area contributed by atoms with Gasteiger partial charge in [-0.3, -0.25) is 9.69 Å². The lowest BCUT2D eigenvalue weighted by Crippen LogP contribution is -2.44. The Morgan fingerprint density at radius 1 is 0.930 bits per heavy atom. The topological polar surface area (TPSA) is 79.3 Å². The molecule has 2 saturated heterocycles. The quantitative estimate of drug-likeness (QED) is 0.350. The third-order valence-electron chi connectivity index (χ3n) is 7.39. The number of alkyl halides is 6. The zero-order valence-corrected chi connectivity index (χ0v) is 24.0. The highest BCUT2D eigenvalue weighted by Crippen LogP contribution is 2.41. The number of nitrogens with zero attached hydrogens (tertiary/aromatic N) is 2. The van der Waals surface area contributed by atoms with E-state index in [1.165, 1.54) is 29.8 Å². The molecule has 238 valence electrons. The largest absolute Gasteiger partial charge is 0.573 e. The summed E-state index contributed by atoms with van der Waals surface area (Å²) in [5.74, 6) is -1.58. The van der Waals surface area contributed by atoms with Gasteiger partial charge in [0.2, 0.25) is 5.91 Å². The van der Waals surface area contributed by atoms with E-state index in [2.05, 4.69) is 35.6 Å². The van der Waals surface area contributed by atoms with Crippen LogP contribution in [0.15, 0.2) is 48.5 Å². The van der Waals surface area contributed by atoms with Crippen molar-refractivity contribution >= 4 is 11.9 Å². The van der Waals surface area contributed by atoms with Gasteiger partial charge in [-0.2, -0.15) is 13.2 Å². The van der Waals surface area contributed by atoms with E-state index in [-0.39, 0.29) is 23.5 Å². The van der Waals surface area contributed by atoms with Gasteiger partial charge in [-0.1, -0.05) is 44.2 Å². The summed E-state index contributed by atoms with van der Waals surface area (Å²) < 4.78 is 78.7. The number of aliphatic carboxylic acids is 1. The van der Waals surface area contributed by atoms with Crippen LogP contribution in [0.25, 0.3) is 0 Å². The summed E-state index contributed by atoms with van der Waals surface area (Å²) in [6.07, 6.45) is -6.55. The van der Waals surface area contributed by atoms with Crippen LogP contribution in [0.3, 0.4) is 0 Å². The van der Waals surface area contributed by atoms with E-state index >= 15 is 0 Å². The molecule has 0 bridgehead atoms. The van der Waals surface area contributed by atoms with E-state index in [9.17, 15) is 31.1 Å². The SMILES string of the molecule is CC(C)COc1ccccc1CN1CCC2(CCN(C(=O)Cc3ccc(OC(F)(F)F)cc3)CC2)C1.O=C(O)C(F)(F)F. The number of hydrogen-bond acceptors (Lipinski definition) is 5. The predicted molar refractivity (Wildman–Crippen MR) is 145 cm³/mol. The summed E-state index contributed by atoms with van der Waals surface area (Å²) in [7, 11) is 0. The zero-order chi connectivity index (χ0) is 31.8. The fourth-order valence-electron chi connectivity index (χ4n) is 5.17. The van der Waals surface area contributed by atoms with Crippen molar-refractivity contribution in [3.63, 3.8) is 0 Å². The standard InChI is InChI=1S/C28H35F3N2O3.C2HF3O2/c1-21(2)19-35-25-6-4-3-5-23(25)18-32-14-11-27(20-32)12-15-33(16-13-27)26(34)17-22-7-9-24(10-8-22)36-28(29,30)31;3-2(4,5)1(6)7/h3-10,21H,11-20H2,1-2H3;(H,6,7). The van der Waals surface area contributed by atoms with Gasteiger partial charge < -0.3 is 19.5 Å². The Hall–Kier alpha value is -3.48. The van der Waals surface area contributed by atoms with E-state index in [0.717, 1.165) is 57.7 Å². The molecule has 2 fully saturated rings. The summed E-state index contributed by atoms with van der Waals surface area (Å²) in [6.45, 7) is 9.36. The zero-order valence-electron chi connectivity index (χ0n) is 24.0. The summed E-state index contributed by atoms with van der Waals surface area (Å²) in [5, 5.41) is 7.12. The van der Waals surface area contributed by atoms with Crippen molar-refractivity contribution in [1.29, 1.82) is 0 Å². The number of para-hydroxylation sites is 1. The molecule has 2 aliphatic rings. The van der Waals surface area contributed by atoms with Crippen LogP contribution in [-0.2, 0) is 22.6 Å². The van der Waals surface area contributed by atoms with Crippen LogP contribution < -0.4 is 9.47 Å². The highest BCUT2D eigenvalue weighted by Gasteiger charge is 2.41. The van der Waals surface area contributed by atoms with Gasteiger partial charge in [-0.25, -0.2) is 4.79 Å². The number of halogens is 6. The number of hydrogen-bond donors (Lipinski definition) is 1. The van der Waals surface area contributed by atoms with E-state index in [4.69, 9.17) is 14.6 Å². The molecule has 43 heavy (non-hydrogen) atoms. The van der Waals surface area contributed by atoms with E-state index in [0.29, 0.717) is 18.1 Å². The lowest BCUT2D eigenvalue weighted by molar-refractivity contribution is -0.274. The van der Waals surface area contributed by atoms with Gasteiger partial charge in [-0.05, 0) is 60.9 Å². The van der Waals surface area contributed by atoms with Crippen molar-refractivity contribution in [3.8, 4) is 11.5 Å². The van der Waals surface area contributed by atoms with Crippen LogP contribution in [-0.4, -0.2) is 72.1 Å². The van der Waals surface area contributed by atoms with Crippen molar-refractivity contribution in [1.82, 2.24) is 9.80 Å². The number of carbonyl (C=O) groups excluding carboxylic acids is 1. The number of piperidine rings is 1. The van der Waals surface area contributed by atoms with Gasteiger partial charge in [0, 0.05) is 31.7 Å². The highest BCUT2D eigenvalue weighted by atomic mass is 19.4. The number of amides is 1. The molecule has 1 amide bonds. The summed E-state index contributed by atoms with van der Waals surface area (Å²) in [6, 6.07) is 13.8. The number of rotatable bonds is 8. The Labute approximate surface area is 246 Å². The number of ether oxygens (including phenoxy) is 2. The molecule has 0 aliphatic carbocycles. The first-order valence-corrected chi connectivity index (χ1v) is 13.9. The van der Waals surface area contributed by atoms with E-state index in [1.54, 1.807) is 0 Å². The molecule has 7 nitrogen and oxygen atoms in total. The van der Waals surface area contributed by atoms with Gasteiger partial charge in [0.25, 0.3) is 0 Å². The minimum absolute atomic E-state index is 0.0143. The summed E-state index contributed by atoms with van der Waals surface area (Å²) in [5.41, 5.74) is 2.14. The molecule has 2 aromatic carbocycles. The number of likely N-dealkylation sites (tertiary alicyclic amines) is 2. The highest BCUT2D eigenvalue weighted by molar-refractivity contribution is 5.79. The minimum Gasteiger partial charge on any atom is -0.493 e. The number of carbonyl (C=O) groups is 2. The minimum atomic E-state index is -5.08. The van der Waals surface area contributed by atoms with Crippen LogP contribution in [0.1, 0.15) is 44.2 Å². The molecular weight excluding hydrogens is 582 g/mol. The molecule has 4 rings (SSSR count). The van der Waals surface area contributed by atoms with Gasteiger partial charge in [-0.15, -0.1) is 13.2 Å². The van der Waals surface area contributed by atoms with E-state index in [1.807, 2.05) is 17.0 Å². The molecule has 1 N–H and O–H groups in total. The maximum absolute atomic E-state index is 12.8. The maximum atomic E-state index is 12.8. The Morgan fingerprint density at radius 3 is 2.07 bits per heavy atom. The first kappa shape index (κ1) is 34.0. The van der Waals surface area contributed by atoms with Crippen molar-refractivity contribution in [3.05, 3.63) is 59.7 Å². The average Bonchev–Trinajstić information content (AvgIpc) is 3.30. The molecule has 0 atom stereocenters. The maximum Gasteiger partial charge on any atom is 0.573 e. The molecular formula is C30H36F6N2O5. The van der Waals surface area contributed by atoms with Crippen molar-refractivity contribution in [2.75, 3.05) is 32.8 Å². The molecule has 2 aromatic rings. The molecule has 0 radical (unpaired) electrons. The van der Waals surface area contributed by atoms with Gasteiger partial charge >= 0.3 is 18.5 Å². The Balaban J connectivity index is 0.000000646. The molecule has 0 aromatic heterocycles. The summed E-state index contributed by atoms with van der Waals surface area (Å²) >= 11 is 0. The lowest BCUT2D eigenvalue weighted by Gasteiger charge is -2.39. The van der Waals surface area contributed by atoms with E-state index < -0.39 is 18.5 Å². The second-order valence-corrected chi connectivity index (χ2v) is 11.3. The monoisotopic (exact) mass is 618 g/mol. The van der Waals surface area contributed by atoms with Crippen molar-refractivity contribution in [2.45, 2.75) is 58.6 Å².